The van der Waals surface area contributed by atoms with Crippen molar-refractivity contribution in [2.45, 2.75) is 50.8 Å². The van der Waals surface area contributed by atoms with Crippen molar-refractivity contribution >= 4 is 11.8 Å². The van der Waals surface area contributed by atoms with Gasteiger partial charge in [0.2, 0.25) is 0 Å². The number of hydrazine groups is 1. The zero-order chi connectivity index (χ0) is 9.68. The molecule has 1 saturated carbocycles. The molecule has 3 heteroatoms. The molecule has 0 aromatic heterocycles. The first-order valence-electron chi connectivity index (χ1n) is 5.31. The van der Waals surface area contributed by atoms with Crippen LogP contribution in [0.2, 0.25) is 0 Å². The summed E-state index contributed by atoms with van der Waals surface area (Å²) < 4.78 is 0. The van der Waals surface area contributed by atoms with Crippen LogP contribution in [0, 0.1) is 5.92 Å². The average molecular weight is 202 g/mol. The molecule has 0 saturated heterocycles. The molecule has 2 nitrogen and oxygen atoms in total. The Balaban J connectivity index is 2.15. The van der Waals surface area contributed by atoms with Gasteiger partial charge in [-0.1, -0.05) is 26.7 Å². The van der Waals surface area contributed by atoms with Crippen molar-refractivity contribution in [1.29, 1.82) is 0 Å². The third-order valence-corrected chi connectivity index (χ3v) is 4.33. The van der Waals surface area contributed by atoms with E-state index in [1.54, 1.807) is 0 Å². The highest BCUT2D eigenvalue weighted by Crippen LogP contribution is 2.30. The lowest BCUT2D eigenvalue weighted by Crippen LogP contribution is -2.41. The molecule has 0 radical (unpaired) electrons. The summed E-state index contributed by atoms with van der Waals surface area (Å²) in [5.41, 5.74) is 2.90. The minimum Gasteiger partial charge on any atom is -0.271 e. The molecule has 3 N–H and O–H groups in total. The standard InChI is InChI=1S/C10H22N2S/c1-8(2)10(12-11)7-13-9-5-3-4-6-9/h8-10,12H,3-7,11H2,1-2H3. The van der Waals surface area contributed by atoms with E-state index in [0.717, 1.165) is 5.25 Å². The molecule has 1 aliphatic carbocycles. The molecule has 1 atom stereocenters. The van der Waals surface area contributed by atoms with Crippen LogP contribution in [0.5, 0.6) is 0 Å². The van der Waals surface area contributed by atoms with E-state index in [4.69, 9.17) is 5.84 Å². The van der Waals surface area contributed by atoms with Gasteiger partial charge >= 0.3 is 0 Å². The fourth-order valence-electron chi connectivity index (χ4n) is 1.73. The fraction of sp³-hybridized carbons (Fsp3) is 1.00. The monoisotopic (exact) mass is 202 g/mol. The molecule has 0 bridgehead atoms. The van der Waals surface area contributed by atoms with Gasteiger partial charge in [0.15, 0.2) is 0 Å². The minimum absolute atomic E-state index is 0.477. The first-order valence-corrected chi connectivity index (χ1v) is 6.36. The lowest BCUT2D eigenvalue weighted by atomic mass is 10.1. The van der Waals surface area contributed by atoms with E-state index in [0.29, 0.717) is 12.0 Å². The molecule has 1 aliphatic rings. The van der Waals surface area contributed by atoms with Crippen LogP contribution in [0.15, 0.2) is 0 Å². The second kappa shape index (κ2) is 5.89. The molecule has 0 aromatic carbocycles. The molecule has 1 fully saturated rings. The maximum Gasteiger partial charge on any atom is 0.0324 e. The topological polar surface area (TPSA) is 38.0 Å². The Kier molecular flexibility index (Phi) is 5.14. The maximum absolute atomic E-state index is 5.50. The molecule has 0 aromatic rings. The molecule has 0 heterocycles. The summed E-state index contributed by atoms with van der Waals surface area (Å²) in [6, 6.07) is 0.477. The van der Waals surface area contributed by atoms with Crippen LogP contribution in [0.25, 0.3) is 0 Å². The summed E-state index contributed by atoms with van der Waals surface area (Å²) >= 11 is 2.10. The highest BCUT2D eigenvalue weighted by molar-refractivity contribution is 7.99. The Morgan fingerprint density at radius 1 is 1.38 bits per heavy atom. The Bertz CT molecular complexity index is 133. The Morgan fingerprint density at radius 3 is 2.46 bits per heavy atom. The SMILES string of the molecule is CC(C)C(CSC1CCCC1)NN. The summed E-state index contributed by atoms with van der Waals surface area (Å²) in [4.78, 5) is 0. The second-order valence-corrected chi connectivity index (χ2v) is 5.59. The Morgan fingerprint density at radius 2 is 2.00 bits per heavy atom. The van der Waals surface area contributed by atoms with Crippen molar-refractivity contribution in [3.8, 4) is 0 Å². The van der Waals surface area contributed by atoms with Crippen LogP contribution in [0.4, 0.5) is 0 Å². The summed E-state index contributed by atoms with van der Waals surface area (Å²) in [5.74, 6) is 7.30. The van der Waals surface area contributed by atoms with Crippen LogP contribution in [-0.2, 0) is 0 Å². The quantitative estimate of drug-likeness (QED) is 0.530. The number of nitrogens with two attached hydrogens (primary N) is 1. The summed E-state index contributed by atoms with van der Waals surface area (Å²) in [7, 11) is 0. The summed E-state index contributed by atoms with van der Waals surface area (Å²) in [5, 5.41) is 0.912. The predicted octanol–water partition coefficient (Wildman–Crippen LogP) is 2.15. The van der Waals surface area contributed by atoms with E-state index in [1.165, 1.54) is 31.4 Å². The van der Waals surface area contributed by atoms with E-state index >= 15 is 0 Å². The van der Waals surface area contributed by atoms with Crippen LogP contribution in [0.1, 0.15) is 39.5 Å². The van der Waals surface area contributed by atoms with Crippen LogP contribution >= 0.6 is 11.8 Å². The van der Waals surface area contributed by atoms with Gasteiger partial charge in [-0.3, -0.25) is 11.3 Å². The van der Waals surface area contributed by atoms with Crippen molar-refractivity contribution in [3.63, 3.8) is 0 Å². The molecular formula is C10H22N2S. The van der Waals surface area contributed by atoms with Crippen LogP contribution in [0.3, 0.4) is 0 Å². The van der Waals surface area contributed by atoms with E-state index in [2.05, 4.69) is 31.0 Å². The van der Waals surface area contributed by atoms with Gasteiger partial charge in [0.25, 0.3) is 0 Å². The summed E-state index contributed by atoms with van der Waals surface area (Å²) in [6.07, 6.45) is 5.69. The normalized spacial score (nSPS) is 21.2. The molecule has 0 amide bonds. The Hall–Kier alpha value is 0.270. The Labute approximate surface area is 86.0 Å². The number of nitrogens with one attached hydrogen (secondary N) is 1. The van der Waals surface area contributed by atoms with Gasteiger partial charge in [-0.25, -0.2) is 0 Å². The summed E-state index contributed by atoms with van der Waals surface area (Å²) in [6.45, 7) is 4.44. The van der Waals surface area contributed by atoms with Gasteiger partial charge in [-0.2, -0.15) is 11.8 Å². The largest absolute Gasteiger partial charge is 0.271 e. The number of hydrogen-bond donors (Lipinski definition) is 2. The van der Waals surface area contributed by atoms with Gasteiger partial charge in [0.05, 0.1) is 0 Å². The van der Waals surface area contributed by atoms with E-state index < -0.39 is 0 Å². The van der Waals surface area contributed by atoms with Gasteiger partial charge in [0.1, 0.15) is 0 Å². The van der Waals surface area contributed by atoms with Crippen molar-refractivity contribution in [2.24, 2.45) is 11.8 Å². The number of thioether (sulfide) groups is 1. The minimum atomic E-state index is 0.477. The third kappa shape index (κ3) is 3.88. The average Bonchev–Trinajstić information content (AvgIpc) is 2.57. The number of rotatable bonds is 5. The van der Waals surface area contributed by atoms with E-state index in [9.17, 15) is 0 Å². The van der Waals surface area contributed by atoms with Crippen molar-refractivity contribution in [2.75, 3.05) is 5.75 Å². The van der Waals surface area contributed by atoms with Gasteiger partial charge in [-0.05, 0) is 18.8 Å². The first-order chi connectivity index (χ1) is 6.24. The second-order valence-electron chi connectivity index (χ2n) is 4.26. The molecule has 1 unspecified atom stereocenters. The molecular weight excluding hydrogens is 180 g/mol. The highest BCUT2D eigenvalue weighted by Gasteiger charge is 2.18. The van der Waals surface area contributed by atoms with Crippen molar-refractivity contribution in [1.82, 2.24) is 5.43 Å². The molecule has 13 heavy (non-hydrogen) atoms. The zero-order valence-electron chi connectivity index (χ0n) is 8.75. The predicted molar refractivity (Wildman–Crippen MR) is 60.7 cm³/mol. The molecule has 78 valence electrons. The fourth-order valence-corrected chi connectivity index (χ4v) is 3.36. The maximum atomic E-state index is 5.50. The van der Waals surface area contributed by atoms with Crippen LogP contribution < -0.4 is 11.3 Å². The van der Waals surface area contributed by atoms with Gasteiger partial charge in [-0.15, -0.1) is 0 Å². The van der Waals surface area contributed by atoms with Crippen molar-refractivity contribution in [3.05, 3.63) is 0 Å². The van der Waals surface area contributed by atoms with Crippen molar-refractivity contribution < 1.29 is 0 Å². The lowest BCUT2D eigenvalue weighted by Gasteiger charge is -2.20. The van der Waals surface area contributed by atoms with Gasteiger partial charge in [0, 0.05) is 17.0 Å². The first kappa shape index (κ1) is 11.3. The molecule has 0 aliphatic heterocycles. The van der Waals surface area contributed by atoms with Gasteiger partial charge < -0.3 is 0 Å². The van der Waals surface area contributed by atoms with E-state index in [1.807, 2.05) is 0 Å². The molecule has 1 rings (SSSR count). The third-order valence-electron chi connectivity index (χ3n) is 2.83. The highest BCUT2D eigenvalue weighted by atomic mass is 32.2. The van der Waals surface area contributed by atoms with E-state index in [-0.39, 0.29) is 0 Å². The number of hydrogen-bond acceptors (Lipinski definition) is 3. The smallest absolute Gasteiger partial charge is 0.0324 e. The lowest BCUT2D eigenvalue weighted by molar-refractivity contribution is 0.443. The van der Waals surface area contributed by atoms with Crippen LogP contribution in [-0.4, -0.2) is 17.0 Å². The molecule has 0 spiro atoms. The zero-order valence-corrected chi connectivity index (χ0v) is 9.57.